The van der Waals surface area contributed by atoms with Gasteiger partial charge in [-0.1, -0.05) is 262 Å². The first kappa shape index (κ1) is 51.5. The van der Waals surface area contributed by atoms with Gasteiger partial charge in [0.2, 0.25) is 0 Å². The first-order valence-electron chi connectivity index (χ1n) is 22.4. The maximum absolute atomic E-state index is 3.39. The zero-order valence-electron chi connectivity index (χ0n) is 38.7. The van der Waals surface area contributed by atoms with Crippen LogP contribution in [0, 0.1) is 27.7 Å². The van der Waals surface area contributed by atoms with Gasteiger partial charge in [0, 0.05) is 0 Å². The van der Waals surface area contributed by atoms with Crippen molar-refractivity contribution in [3.05, 3.63) is 259 Å². The maximum atomic E-state index is 2.55. The number of rotatable bonds is 10. The van der Waals surface area contributed by atoms with Crippen molar-refractivity contribution in [2.24, 2.45) is 0 Å². The normalized spacial score (nSPS) is 10.8. The van der Waals surface area contributed by atoms with E-state index in [-0.39, 0.29) is 58.9 Å². The van der Waals surface area contributed by atoms with Gasteiger partial charge < -0.3 is 37.2 Å². The molecule has 0 aliphatic carbocycles. The molecule has 0 aliphatic heterocycles. The molecule has 10 aromatic rings. The Balaban J connectivity index is 0.00000190. The fourth-order valence-corrected chi connectivity index (χ4v) is 15.6. The topological polar surface area (TPSA) is 0 Å². The van der Waals surface area contributed by atoms with Crippen molar-refractivity contribution in [3.63, 3.8) is 0 Å². The molecule has 5 heteroatoms. The van der Waals surface area contributed by atoms with E-state index in [1.165, 1.54) is 110 Å². The molecule has 0 aromatic heterocycles. The van der Waals surface area contributed by atoms with Crippen LogP contribution in [-0.4, -0.2) is 8.07 Å². The quantitative estimate of drug-likeness (QED) is 0.103. The standard InChI is InChI=1S/C63H51Si.3ClH.Ti/c1-44-45(2)47(4)63(46(44)3)64(60-38-54(48-23-11-5-12-24-48)35-55(39-60)49-25-13-6-14-26-49,61-40-56(50-27-15-7-16-28-50)36-57(41-61)51-29-17-8-18-30-51)62-42-58(52-31-19-9-20-32-52)37-59(43-62)53-33-21-10-22-34-53;;;;/h5-43H,1-4H3;3*1H;/q-1;;;;+4/p-3. The van der Waals surface area contributed by atoms with E-state index in [1.54, 1.807) is 0 Å². The van der Waals surface area contributed by atoms with E-state index >= 15 is 0 Å². The van der Waals surface area contributed by atoms with Crippen molar-refractivity contribution in [2.75, 3.05) is 0 Å². The minimum absolute atomic E-state index is 0. The van der Waals surface area contributed by atoms with Crippen LogP contribution in [0.5, 0.6) is 0 Å². The molecule has 10 aromatic carbocycles. The van der Waals surface area contributed by atoms with E-state index in [0.717, 1.165) is 0 Å². The number of hydrogen-bond acceptors (Lipinski definition) is 0. The zero-order valence-corrected chi connectivity index (χ0v) is 43.5. The van der Waals surface area contributed by atoms with E-state index < -0.39 is 8.07 Å². The second-order valence-corrected chi connectivity index (χ2v) is 21.0. The van der Waals surface area contributed by atoms with Gasteiger partial charge >= 0.3 is 21.7 Å². The van der Waals surface area contributed by atoms with Gasteiger partial charge in [-0.25, -0.2) is 0 Å². The Hall–Kier alpha value is -5.87. The summed E-state index contributed by atoms with van der Waals surface area (Å²) in [5, 5.41) is 5.55. The first-order valence-corrected chi connectivity index (χ1v) is 24.4. The molecule has 0 heterocycles. The van der Waals surface area contributed by atoms with Gasteiger partial charge in [0.1, 0.15) is 8.07 Å². The fraction of sp³-hybridized carbons (Fsp3) is 0.0635. The second-order valence-electron chi connectivity index (χ2n) is 17.2. The third-order valence-electron chi connectivity index (χ3n) is 13.6. The largest absolute Gasteiger partial charge is 4.00 e. The second kappa shape index (κ2) is 22.5. The van der Waals surface area contributed by atoms with Crippen molar-refractivity contribution >= 4 is 28.8 Å². The summed E-state index contributed by atoms with van der Waals surface area (Å²) in [6.07, 6.45) is 0. The van der Waals surface area contributed by atoms with Gasteiger partial charge in [-0.3, -0.25) is 0 Å². The van der Waals surface area contributed by atoms with Crippen LogP contribution in [0.2, 0.25) is 0 Å². The molecular weight excluding hydrogens is 939 g/mol. The van der Waals surface area contributed by atoms with E-state index in [4.69, 9.17) is 0 Å². The Bertz CT molecular complexity index is 2720. The van der Waals surface area contributed by atoms with E-state index in [9.17, 15) is 0 Å². The summed E-state index contributed by atoms with van der Waals surface area (Å²) in [7, 11) is -3.39. The third kappa shape index (κ3) is 9.85. The molecule has 0 N–H and O–H groups in total. The predicted octanol–water partition coefficient (Wildman–Crippen LogP) is 5.03. The van der Waals surface area contributed by atoms with Crippen LogP contribution in [0.1, 0.15) is 22.3 Å². The Morgan fingerprint density at radius 3 is 0.603 bits per heavy atom. The van der Waals surface area contributed by atoms with Crippen molar-refractivity contribution in [1.82, 2.24) is 0 Å². The van der Waals surface area contributed by atoms with Crippen LogP contribution in [0.25, 0.3) is 66.8 Å². The number of halogens is 3. The SMILES string of the molecule is Cc1c(C)c(C)[c-]([Si](c2cc(-c3ccccc3)cc(-c3ccccc3)c2)(c2cc(-c3ccccc3)cc(-c3ccccc3)c2)c2cc(-c3ccccc3)cc(-c3ccccc3)c2)c1C.[Cl-].[Cl-].[Cl-].[Ti+4]. The van der Waals surface area contributed by atoms with E-state index in [2.05, 4.69) is 264 Å². The molecule has 0 atom stereocenters. The summed E-state index contributed by atoms with van der Waals surface area (Å²) in [4.78, 5) is 0. The molecule has 0 unspecified atom stereocenters. The number of benzene rings is 9. The van der Waals surface area contributed by atoms with Crippen LogP contribution in [0.15, 0.2) is 237 Å². The van der Waals surface area contributed by atoms with Gasteiger partial charge in [-0.15, -0.1) is 5.19 Å². The molecule has 0 saturated heterocycles. The molecule has 0 aliphatic rings. The van der Waals surface area contributed by atoms with E-state index in [0.29, 0.717) is 0 Å². The van der Waals surface area contributed by atoms with E-state index in [1.807, 2.05) is 0 Å². The smallest absolute Gasteiger partial charge is 1.00 e. The molecule has 0 bridgehead atoms. The van der Waals surface area contributed by atoms with Crippen LogP contribution in [0.3, 0.4) is 0 Å². The van der Waals surface area contributed by atoms with Crippen LogP contribution >= 0.6 is 0 Å². The van der Waals surface area contributed by atoms with Gasteiger partial charge in [0.25, 0.3) is 0 Å². The minimum Gasteiger partial charge on any atom is -1.00 e. The summed E-state index contributed by atoms with van der Waals surface area (Å²) in [5.74, 6) is 0. The summed E-state index contributed by atoms with van der Waals surface area (Å²) in [6, 6.07) is 88.4. The Morgan fingerprint density at radius 2 is 0.426 bits per heavy atom. The first-order chi connectivity index (χ1) is 31.4. The van der Waals surface area contributed by atoms with Crippen LogP contribution in [0.4, 0.5) is 0 Å². The van der Waals surface area contributed by atoms with Crippen molar-refractivity contribution in [1.29, 1.82) is 0 Å². The van der Waals surface area contributed by atoms with Crippen molar-refractivity contribution < 1.29 is 58.9 Å². The van der Waals surface area contributed by atoms with Crippen molar-refractivity contribution in [2.45, 2.75) is 27.7 Å². The Kier molecular flexibility index (Phi) is 17.0. The zero-order chi connectivity index (χ0) is 43.6. The molecular formula is C63H51Cl3SiTi. The summed E-state index contributed by atoms with van der Waals surface area (Å²) < 4.78 is 0. The molecule has 0 fully saturated rings. The fourth-order valence-electron chi connectivity index (χ4n) is 10.0. The summed E-state index contributed by atoms with van der Waals surface area (Å²) in [6.45, 7) is 9.46. The van der Waals surface area contributed by atoms with Crippen LogP contribution < -0.4 is 58.0 Å². The molecule has 68 heavy (non-hydrogen) atoms. The Labute approximate surface area is 437 Å². The molecule has 10 rings (SSSR count). The molecule has 0 amide bonds. The number of hydrogen-bond donors (Lipinski definition) is 0. The summed E-state index contributed by atoms with van der Waals surface area (Å²) in [5.41, 5.74) is 20.0. The van der Waals surface area contributed by atoms with Gasteiger partial charge in [0.15, 0.2) is 0 Å². The van der Waals surface area contributed by atoms with Crippen molar-refractivity contribution in [3.8, 4) is 66.8 Å². The average Bonchev–Trinajstić information content (AvgIpc) is 3.56. The molecule has 0 radical (unpaired) electrons. The Morgan fingerprint density at radius 1 is 0.250 bits per heavy atom. The molecule has 0 spiro atoms. The van der Waals surface area contributed by atoms with Crippen LogP contribution in [-0.2, 0) is 21.7 Å². The van der Waals surface area contributed by atoms with Gasteiger partial charge in [-0.2, -0.15) is 22.3 Å². The minimum atomic E-state index is -3.39. The van der Waals surface area contributed by atoms with Gasteiger partial charge in [-0.05, 0) is 85.0 Å². The third-order valence-corrected chi connectivity index (χ3v) is 18.5. The van der Waals surface area contributed by atoms with Gasteiger partial charge in [0.05, 0.1) is 0 Å². The monoisotopic (exact) mass is 988 g/mol. The predicted molar refractivity (Wildman–Crippen MR) is 277 cm³/mol. The summed E-state index contributed by atoms with van der Waals surface area (Å²) >= 11 is 0. The molecule has 332 valence electrons. The molecule has 0 nitrogen and oxygen atoms in total. The maximum Gasteiger partial charge on any atom is 4.00 e. The molecule has 0 saturated carbocycles. The average molecular weight is 990 g/mol.